The molecule has 0 bridgehead atoms. The summed E-state index contributed by atoms with van der Waals surface area (Å²) in [6.07, 6.45) is 1.00. The van der Waals surface area contributed by atoms with E-state index in [2.05, 4.69) is 10.2 Å². The number of nitrogens with zero attached hydrogens (tertiary/aromatic N) is 1. The van der Waals surface area contributed by atoms with Gasteiger partial charge in [-0.25, -0.2) is 8.78 Å². The summed E-state index contributed by atoms with van der Waals surface area (Å²) in [6.45, 7) is 5.43. The molecule has 0 radical (unpaired) electrons. The molecule has 1 unspecified atom stereocenters. The average Bonchev–Trinajstić information content (AvgIpc) is 2.56. The first kappa shape index (κ1) is 14.4. The summed E-state index contributed by atoms with van der Waals surface area (Å²) in [6, 6.07) is 3.31. The number of halogens is 2. The van der Waals surface area contributed by atoms with Crippen LogP contribution < -0.4 is 5.32 Å². The number of hydrogen-bond donors (Lipinski definition) is 2. The van der Waals surface area contributed by atoms with Gasteiger partial charge < -0.3 is 10.4 Å². The van der Waals surface area contributed by atoms with Crippen molar-refractivity contribution in [2.75, 3.05) is 32.7 Å². The Morgan fingerprint density at radius 3 is 2.84 bits per heavy atom. The average molecular weight is 270 g/mol. The number of β-amino-alcohol motifs (C(OH)–C–C–N with tert-alkyl or cyclic N) is 1. The van der Waals surface area contributed by atoms with Gasteiger partial charge in [0.15, 0.2) is 0 Å². The van der Waals surface area contributed by atoms with Gasteiger partial charge in [0, 0.05) is 31.3 Å². The maximum absolute atomic E-state index is 13.7. The maximum atomic E-state index is 13.7. The summed E-state index contributed by atoms with van der Waals surface area (Å²) < 4.78 is 26.7. The molecule has 1 fully saturated rings. The summed E-state index contributed by atoms with van der Waals surface area (Å²) in [7, 11) is 0. The minimum absolute atomic E-state index is 0.145. The van der Waals surface area contributed by atoms with Crippen LogP contribution in [0.25, 0.3) is 0 Å². The van der Waals surface area contributed by atoms with E-state index in [1.54, 1.807) is 6.92 Å². The standard InChI is InChI=1S/C14H20F2N2O/c1-14(19,10-18-7-2-5-17-6-8-18)12-4-3-11(15)9-13(12)16/h3-4,9,17,19H,2,5-8,10H2,1H3. The fourth-order valence-corrected chi connectivity index (χ4v) is 2.51. The van der Waals surface area contributed by atoms with Crippen LogP contribution in [0.2, 0.25) is 0 Å². The highest BCUT2D eigenvalue weighted by Crippen LogP contribution is 2.25. The molecular formula is C14H20F2N2O. The van der Waals surface area contributed by atoms with Crippen molar-refractivity contribution in [2.24, 2.45) is 0 Å². The zero-order valence-electron chi connectivity index (χ0n) is 11.1. The normalized spacial score (nSPS) is 20.8. The molecule has 19 heavy (non-hydrogen) atoms. The molecule has 1 atom stereocenters. The molecule has 1 saturated heterocycles. The Labute approximate surface area is 112 Å². The summed E-state index contributed by atoms with van der Waals surface area (Å²) >= 11 is 0. The van der Waals surface area contributed by atoms with Crippen LogP contribution in [0.5, 0.6) is 0 Å². The second-order valence-corrected chi connectivity index (χ2v) is 5.28. The molecule has 1 heterocycles. The molecule has 1 aliphatic rings. The van der Waals surface area contributed by atoms with E-state index in [0.717, 1.165) is 38.7 Å². The van der Waals surface area contributed by atoms with Crippen molar-refractivity contribution >= 4 is 0 Å². The van der Waals surface area contributed by atoms with Crippen LogP contribution in [-0.4, -0.2) is 42.7 Å². The van der Waals surface area contributed by atoms with Crippen molar-refractivity contribution in [3.63, 3.8) is 0 Å². The highest BCUT2D eigenvalue weighted by molar-refractivity contribution is 5.24. The molecule has 1 aromatic carbocycles. The quantitative estimate of drug-likeness (QED) is 0.873. The Hall–Kier alpha value is -1.04. The van der Waals surface area contributed by atoms with Gasteiger partial charge >= 0.3 is 0 Å². The summed E-state index contributed by atoms with van der Waals surface area (Å²) in [4.78, 5) is 2.10. The Balaban J connectivity index is 2.11. The largest absolute Gasteiger partial charge is 0.384 e. The zero-order valence-corrected chi connectivity index (χ0v) is 11.1. The molecule has 2 rings (SSSR count). The van der Waals surface area contributed by atoms with Crippen LogP contribution in [0.15, 0.2) is 18.2 Å². The monoisotopic (exact) mass is 270 g/mol. The second-order valence-electron chi connectivity index (χ2n) is 5.28. The van der Waals surface area contributed by atoms with E-state index in [0.29, 0.717) is 6.54 Å². The van der Waals surface area contributed by atoms with Gasteiger partial charge in [-0.2, -0.15) is 0 Å². The number of benzene rings is 1. The minimum atomic E-state index is -1.32. The van der Waals surface area contributed by atoms with Crippen LogP contribution in [-0.2, 0) is 5.60 Å². The molecule has 3 nitrogen and oxygen atoms in total. The first-order chi connectivity index (χ1) is 8.99. The molecule has 1 aromatic rings. The first-order valence-electron chi connectivity index (χ1n) is 6.60. The van der Waals surface area contributed by atoms with E-state index in [4.69, 9.17) is 0 Å². The highest BCUT2D eigenvalue weighted by atomic mass is 19.1. The first-order valence-corrected chi connectivity index (χ1v) is 6.60. The lowest BCUT2D eigenvalue weighted by Gasteiger charge is -2.31. The lowest BCUT2D eigenvalue weighted by Crippen LogP contribution is -2.41. The molecule has 2 N–H and O–H groups in total. The van der Waals surface area contributed by atoms with Gasteiger partial charge in [0.25, 0.3) is 0 Å². The van der Waals surface area contributed by atoms with Crippen molar-refractivity contribution in [3.8, 4) is 0 Å². The molecule has 5 heteroatoms. The van der Waals surface area contributed by atoms with Crippen LogP contribution >= 0.6 is 0 Å². The smallest absolute Gasteiger partial charge is 0.132 e. The van der Waals surface area contributed by atoms with Crippen LogP contribution in [0.3, 0.4) is 0 Å². The van der Waals surface area contributed by atoms with Crippen LogP contribution in [0.1, 0.15) is 18.9 Å². The Morgan fingerprint density at radius 2 is 2.11 bits per heavy atom. The van der Waals surface area contributed by atoms with Gasteiger partial charge in [-0.15, -0.1) is 0 Å². The number of hydrogen-bond acceptors (Lipinski definition) is 3. The third-order valence-corrected chi connectivity index (χ3v) is 3.48. The van der Waals surface area contributed by atoms with Crippen molar-refractivity contribution < 1.29 is 13.9 Å². The van der Waals surface area contributed by atoms with Crippen molar-refractivity contribution in [2.45, 2.75) is 18.9 Å². The van der Waals surface area contributed by atoms with Crippen molar-refractivity contribution in [1.29, 1.82) is 0 Å². The van der Waals surface area contributed by atoms with Crippen molar-refractivity contribution in [1.82, 2.24) is 10.2 Å². The molecule has 0 aromatic heterocycles. The minimum Gasteiger partial charge on any atom is -0.384 e. The molecule has 0 spiro atoms. The van der Waals surface area contributed by atoms with Gasteiger partial charge in [0.05, 0.1) is 0 Å². The van der Waals surface area contributed by atoms with E-state index >= 15 is 0 Å². The molecular weight excluding hydrogens is 250 g/mol. The van der Waals surface area contributed by atoms with Gasteiger partial charge in [0.1, 0.15) is 17.2 Å². The Morgan fingerprint density at radius 1 is 1.32 bits per heavy atom. The van der Waals surface area contributed by atoms with Crippen molar-refractivity contribution in [3.05, 3.63) is 35.4 Å². The fourth-order valence-electron chi connectivity index (χ4n) is 2.51. The summed E-state index contributed by atoms with van der Waals surface area (Å²) in [5.74, 6) is -1.33. The van der Waals surface area contributed by atoms with E-state index < -0.39 is 17.2 Å². The fraction of sp³-hybridized carbons (Fsp3) is 0.571. The Kier molecular flexibility index (Phi) is 4.50. The third kappa shape index (κ3) is 3.72. The van der Waals surface area contributed by atoms with E-state index in [1.807, 2.05) is 0 Å². The van der Waals surface area contributed by atoms with Crippen LogP contribution in [0.4, 0.5) is 8.78 Å². The van der Waals surface area contributed by atoms with Gasteiger partial charge in [0.2, 0.25) is 0 Å². The SMILES string of the molecule is CC(O)(CN1CCCNCC1)c1ccc(F)cc1F. The molecule has 0 saturated carbocycles. The number of nitrogens with one attached hydrogen (secondary N) is 1. The topological polar surface area (TPSA) is 35.5 Å². The van der Waals surface area contributed by atoms with Gasteiger partial charge in [-0.1, -0.05) is 6.07 Å². The summed E-state index contributed by atoms with van der Waals surface area (Å²) in [5.41, 5.74) is -1.17. The zero-order chi connectivity index (χ0) is 13.9. The number of aliphatic hydroxyl groups is 1. The van der Waals surface area contributed by atoms with E-state index in [9.17, 15) is 13.9 Å². The third-order valence-electron chi connectivity index (χ3n) is 3.48. The van der Waals surface area contributed by atoms with Gasteiger partial charge in [-0.05, 0) is 32.5 Å². The molecule has 0 aliphatic carbocycles. The highest BCUT2D eigenvalue weighted by Gasteiger charge is 2.29. The molecule has 106 valence electrons. The molecule has 1 aliphatic heterocycles. The van der Waals surface area contributed by atoms with Gasteiger partial charge in [-0.3, -0.25) is 4.90 Å². The Bertz CT molecular complexity index is 429. The van der Waals surface area contributed by atoms with Crippen LogP contribution in [0, 0.1) is 11.6 Å². The van der Waals surface area contributed by atoms with E-state index in [-0.39, 0.29) is 5.56 Å². The predicted octanol–water partition coefficient (Wildman–Crippen LogP) is 1.47. The van der Waals surface area contributed by atoms with E-state index in [1.165, 1.54) is 12.1 Å². The summed E-state index contributed by atoms with van der Waals surface area (Å²) in [5, 5.41) is 13.8. The predicted molar refractivity (Wildman–Crippen MR) is 69.9 cm³/mol. The molecule has 0 amide bonds. The lowest BCUT2D eigenvalue weighted by molar-refractivity contribution is 0.0147. The second kappa shape index (κ2) is 5.94. The maximum Gasteiger partial charge on any atom is 0.132 e. The number of rotatable bonds is 3. The lowest BCUT2D eigenvalue weighted by atomic mass is 9.94.